The summed E-state index contributed by atoms with van der Waals surface area (Å²) in [5, 5.41) is 8.88. The Balaban J connectivity index is 1.66. The van der Waals surface area contributed by atoms with E-state index >= 15 is 0 Å². The minimum absolute atomic E-state index is 0.0476. The van der Waals surface area contributed by atoms with Crippen molar-refractivity contribution in [2.24, 2.45) is 0 Å². The highest BCUT2D eigenvalue weighted by atomic mass is 32.2. The number of amides is 1. The van der Waals surface area contributed by atoms with E-state index in [0.717, 1.165) is 24.2 Å². The second-order valence-electron chi connectivity index (χ2n) is 6.34. The predicted octanol–water partition coefficient (Wildman–Crippen LogP) is 1.10. The zero-order valence-corrected chi connectivity index (χ0v) is 15.1. The van der Waals surface area contributed by atoms with Crippen LogP contribution >= 0.6 is 11.3 Å². The standard InChI is InChI=1S/C15H19FN2O5S2/c16-15(14(20)21)5-8-17(10-15)12(19)9-11-3-4-13(24-11)25(22,23)18-6-1-2-7-18/h3-4H,1-2,5-10H2,(H,20,21). The number of sulfonamides is 1. The molecule has 1 amide bonds. The fourth-order valence-corrected chi connectivity index (χ4v) is 6.09. The maximum absolute atomic E-state index is 14.0. The lowest BCUT2D eigenvalue weighted by molar-refractivity contribution is -0.150. The maximum Gasteiger partial charge on any atom is 0.343 e. The van der Waals surface area contributed by atoms with Crippen molar-refractivity contribution in [3.8, 4) is 0 Å². The van der Waals surface area contributed by atoms with Gasteiger partial charge in [0.05, 0.1) is 13.0 Å². The highest BCUT2D eigenvalue weighted by molar-refractivity contribution is 7.91. The molecule has 7 nitrogen and oxygen atoms in total. The lowest BCUT2D eigenvalue weighted by atomic mass is 10.1. The Bertz CT molecular complexity index is 788. The van der Waals surface area contributed by atoms with Crippen LogP contribution in [-0.4, -0.2) is 66.5 Å². The van der Waals surface area contributed by atoms with E-state index in [-0.39, 0.29) is 23.6 Å². The van der Waals surface area contributed by atoms with E-state index in [4.69, 9.17) is 5.11 Å². The van der Waals surface area contributed by atoms with Crippen molar-refractivity contribution in [1.82, 2.24) is 9.21 Å². The van der Waals surface area contributed by atoms with Gasteiger partial charge in [-0.2, -0.15) is 4.31 Å². The number of aliphatic carboxylic acids is 1. The molecule has 1 N–H and O–H groups in total. The molecule has 2 aliphatic heterocycles. The number of likely N-dealkylation sites (tertiary alicyclic amines) is 1. The quantitative estimate of drug-likeness (QED) is 0.812. The summed E-state index contributed by atoms with van der Waals surface area (Å²) < 4.78 is 40.6. The molecule has 3 heterocycles. The molecule has 0 aromatic carbocycles. The van der Waals surface area contributed by atoms with Crippen LogP contribution in [0.15, 0.2) is 16.3 Å². The summed E-state index contributed by atoms with van der Waals surface area (Å²) in [4.78, 5) is 24.9. The van der Waals surface area contributed by atoms with Gasteiger partial charge in [0.25, 0.3) is 10.0 Å². The number of carbonyl (C=O) groups excluding carboxylic acids is 1. The monoisotopic (exact) mass is 390 g/mol. The first-order valence-corrected chi connectivity index (χ1v) is 10.3. The van der Waals surface area contributed by atoms with Crippen molar-refractivity contribution in [2.45, 2.75) is 35.6 Å². The Morgan fingerprint density at radius 2 is 1.92 bits per heavy atom. The lowest BCUT2D eigenvalue weighted by Gasteiger charge is -2.17. The van der Waals surface area contributed by atoms with Gasteiger partial charge in [-0.15, -0.1) is 11.3 Å². The fourth-order valence-electron chi connectivity index (χ4n) is 3.07. The zero-order valence-electron chi connectivity index (χ0n) is 13.5. The van der Waals surface area contributed by atoms with Crippen LogP contribution in [0.4, 0.5) is 4.39 Å². The summed E-state index contributed by atoms with van der Waals surface area (Å²) in [6.45, 7) is 0.601. The first-order valence-electron chi connectivity index (χ1n) is 8.01. The molecule has 2 aliphatic rings. The number of halogens is 1. The van der Waals surface area contributed by atoms with Gasteiger partial charge < -0.3 is 10.0 Å². The second kappa shape index (κ2) is 6.65. The summed E-state index contributed by atoms with van der Waals surface area (Å²) in [7, 11) is -3.51. The van der Waals surface area contributed by atoms with E-state index in [9.17, 15) is 22.4 Å². The summed E-state index contributed by atoms with van der Waals surface area (Å²) >= 11 is 1.03. The molecule has 0 radical (unpaired) electrons. The molecule has 2 fully saturated rings. The molecular formula is C15H19FN2O5S2. The molecule has 1 unspecified atom stereocenters. The Labute approximate surface area is 149 Å². The number of carboxylic acid groups (broad SMARTS) is 1. The van der Waals surface area contributed by atoms with Crippen LogP contribution in [0.25, 0.3) is 0 Å². The lowest BCUT2D eigenvalue weighted by Crippen LogP contribution is -2.39. The smallest absolute Gasteiger partial charge is 0.343 e. The maximum atomic E-state index is 14.0. The van der Waals surface area contributed by atoms with Crippen LogP contribution in [0.2, 0.25) is 0 Å². The van der Waals surface area contributed by atoms with Crippen molar-refractivity contribution >= 4 is 33.2 Å². The Kier molecular flexibility index (Phi) is 4.86. The molecule has 1 aromatic rings. The summed E-state index contributed by atoms with van der Waals surface area (Å²) in [5.74, 6) is -1.95. The van der Waals surface area contributed by atoms with Gasteiger partial charge in [0.15, 0.2) is 0 Å². The number of alkyl halides is 1. The van der Waals surface area contributed by atoms with E-state index in [2.05, 4.69) is 0 Å². The minimum atomic E-state index is -3.51. The molecule has 2 saturated heterocycles. The molecule has 1 aromatic heterocycles. The molecular weight excluding hydrogens is 371 g/mol. The van der Waals surface area contributed by atoms with E-state index in [0.29, 0.717) is 18.0 Å². The molecule has 0 saturated carbocycles. The third-order valence-corrected chi connectivity index (χ3v) is 8.03. The van der Waals surface area contributed by atoms with E-state index < -0.39 is 34.1 Å². The molecule has 1 atom stereocenters. The SMILES string of the molecule is O=C(Cc1ccc(S(=O)(=O)N2CCCC2)s1)N1CCC(F)(C(=O)O)C1. The van der Waals surface area contributed by atoms with Crippen molar-refractivity contribution in [3.05, 3.63) is 17.0 Å². The average Bonchev–Trinajstić information content (AvgIpc) is 3.28. The topological polar surface area (TPSA) is 95.0 Å². The third kappa shape index (κ3) is 3.56. The number of rotatable bonds is 5. The molecule has 0 spiro atoms. The van der Waals surface area contributed by atoms with Gasteiger partial charge in [0, 0.05) is 30.9 Å². The first-order chi connectivity index (χ1) is 11.7. The largest absolute Gasteiger partial charge is 0.479 e. The van der Waals surface area contributed by atoms with Crippen molar-refractivity contribution in [2.75, 3.05) is 26.2 Å². The van der Waals surface area contributed by atoms with Gasteiger partial charge in [-0.05, 0) is 25.0 Å². The van der Waals surface area contributed by atoms with E-state index in [1.54, 1.807) is 6.07 Å². The molecule has 3 rings (SSSR count). The van der Waals surface area contributed by atoms with Gasteiger partial charge >= 0.3 is 5.97 Å². The van der Waals surface area contributed by atoms with Crippen LogP contribution in [-0.2, 0) is 26.0 Å². The van der Waals surface area contributed by atoms with Gasteiger partial charge in [-0.25, -0.2) is 17.6 Å². The summed E-state index contributed by atoms with van der Waals surface area (Å²) in [6.07, 6.45) is 1.40. The number of hydrogen-bond donors (Lipinski definition) is 1. The minimum Gasteiger partial charge on any atom is -0.479 e. The summed E-state index contributed by atoms with van der Waals surface area (Å²) in [5.41, 5.74) is -2.39. The predicted molar refractivity (Wildman–Crippen MR) is 88.7 cm³/mol. The fraction of sp³-hybridized carbons (Fsp3) is 0.600. The molecule has 138 valence electrons. The number of carbonyl (C=O) groups is 2. The number of hydrogen-bond acceptors (Lipinski definition) is 5. The molecule has 25 heavy (non-hydrogen) atoms. The Hall–Kier alpha value is -1.52. The summed E-state index contributed by atoms with van der Waals surface area (Å²) in [6, 6.07) is 3.07. The van der Waals surface area contributed by atoms with E-state index in [1.165, 1.54) is 15.3 Å². The molecule has 10 heteroatoms. The van der Waals surface area contributed by atoms with Crippen LogP contribution < -0.4 is 0 Å². The van der Waals surface area contributed by atoms with E-state index in [1.807, 2.05) is 0 Å². The number of carboxylic acids is 1. The number of nitrogens with zero attached hydrogens (tertiary/aromatic N) is 2. The molecule has 0 bridgehead atoms. The van der Waals surface area contributed by atoms with Gasteiger partial charge in [0.2, 0.25) is 11.6 Å². The first kappa shape index (κ1) is 18.3. The van der Waals surface area contributed by atoms with Crippen molar-refractivity contribution in [1.29, 1.82) is 0 Å². The van der Waals surface area contributed by atoms with Crippen molar-refractivity contribution < 1.29 is 27.5 Å². The average molecular weight is 390 g/mol. The third-order valence-electron chi connectivity index (χ3n) is 4.58. The molecule has 0 aliphatic carbocycles. The number of thiophene rings is 1. The second-order valence-corrected chi connectivity index (χ2v) is 9.68. The Morgan fingerprint density at radius 3 is 2.52 bits per heavy atom. The van der Waals surface area contributed by atoms with Crippen LogP contribution in [0.3, 0.4) is 0 Å². The van der Waals surface area contributed by atoms with Gasteiger partial charge in [0.1, 0.15) is 4.21 Å². The van der Waals surface area contributed by atoms with Crippen LogP contribution in [0, 0.1) is 0 Å². The zero-order chi connectivity index (χ0) is 18.2. The Morgan fingerprint density at radius 1 is 1.24 bits per heavy atom. The highest BCUT2D eigenvalue weighted by Crippen LogP contribution is 2.29. The van der Waals surface area contributed by atoms with Gasteiger partial charge in [-0.3, -0.25) is 4.79 Å². The van der Waals surface area contributed by atoms with Crippen LogP contribution in [0.5, 0.6) is 0 Å². The van der Waals surface area contributed by atoms with Crippen LogP contribution in [0.1, 0.15) is 24.1 Å². The highest BCUT2D eigenvalue weighted by Gasteiger charge is 2.46. The van der Waals surface area contributed by atoms with Crippen molar-refractivity contribution in [3.63, 3.8) is 0 Å². The normalized spacial score (nSPS) is 24.8. The van der Waals surface area contributed by atoms with Gasteiger partial charge in [-0.1, -0.05) is 0 Å².